The largest absolute Gasteiger partial charge is 0.497 e. The lowest BCUT2D eigenvalue weighted by Crippen LogP contribution is -2.36. The molecule has 0 saturated carbocycles. The van der Waals surface area contributed by atoms with Gasteiger partial charge >= 0.3 is 0 Å². The van der Waals surface area contributed by atoms with Crippen molar-refractivity contribution in [2.24, 2.45) is 0 Å². The molecule has 2 aromatic rings. The van der Waals surface area contributed by atoms with Gasteiger partial charge in [-0.05, 0) is 43.2 Å². The molecular formula is C19H24N2O3. The van der Waals surface area contributed by atoms with Gasteiger partial charge in [-0.1, -0.05) is 6.07 Å². The molecule has 0 spiro atoms. The highest BCUT2D eigenvalue weighted by Crippen LogP contribution is 2.25. The minimum absolute atomic E-state index is 0.397. The molecule has 1 aromatic carbocycles. The van der Waals surface area contributed by atoms with Crippen LogP contribution in [0.1, 0.15) is 24.1 Å². The van der Waals surface area contributed by atoms with Crippen LogP contribution in [0.4, 0.5) is 0 Å². The standard InChI is InChI=1S/C19H24N2O3/c1-22-18-7-8-19(24-14-17-5-2-3-9-20-17)15(11-18)12-21-16-6-4-10-23-13-16/h2-3,5,7-9,11,16,21H,4,6,10,12-14H2,1H3. The summed E-state index contributed by atoms with van der Waals surface area (Å²) in [6.07, 6.45) is 4.03. The van der Waals surface area contributed by atoms with Crippen LogP contribution >= 0.6 is 0 Å². The zero-order chi connectivity index (χ0) is 16.6. The van der Waals surface area contributed by atoms with Crippen molar-refractivity contribution in [2.45, 2.75) is 32.0 Å². The van der Waals surface area contributed by atoms with Crippen molar-refractivity contribution in [1.29, 1.82) is 0 Å². The Kier molecular flexibility index (Phi) is 6.04. The molecule has 1 aliphatic heterocycles. The molecule has 1 aromatic heterocycles. The van der Waals surface area contributed by atoms with Gasteiger partial charge < -0.3 is 19.5 Å². The second-order valence-corrected chi connectivity index (χ2v) is 5.88. The Morgan fingerprint density at radius 3 is 3.00 bits per heavy atom. The molecule has 0 radical (unpaired) electrons. The van der Waals surface area contributed by atoms with E-state index in [1.165, 1.54) is 0 Å². The van der Waals surface area contributed by atoms with Gasteiger partial charge in [0.2, 0.25) is 0 Å². The van der Waals surface area contributed by atoms with Crippen molar-refractivity contribution in [3.8, 4) is 11.5 Å². The van der Waals surface area contributed by atoms with E-state index >= 15 is 0 Å². The summed E-state index contributed by atoms with van der Waals surface area (Å²) in [5.74, 6) is 1.68. The second-order valence-electron chi connectivity index (χ2n) is 5.88. The number of nitrogens with zero attached hydrogens (tertiary/aromatic N) is 1. The van der Waals surface area contributed by atoms with Crippen molar-refractivity contribution in [3.63, 3.8) is 0 Å². The van der Waals surface area contributed by atoms with E-state index in [1.807, 2.05) is 36.4 Å². The highest BCUT2D eigenvalue weighted by molar-refractivity contribution is 5.40. The maximum atomic E-state index is 5.97. The van der Waals surface area contributed by atoms with Crippen LogP contribution in [0.15, 0.2) is 42.6 Å². The van der Waals surface area contributed by atoms with Crippen LogP contribution in [0.3, 0.4) is 0 Å². The fourth-order valence-electron chi connectivity index (χ4n) is 2.75. The van der Waals surface area contributed by atoms with E-state index in [2.05, 4.69) is 10.3 Å². The Labute approximate surface area is 143 Å². The zero-order valence-electron chi connectivity index (χ0n) is 14.0. The van der Waals surface area contributed by atoms with Crippen molar-refractivity contribution >= 4 is 0 Å². The van der Waals surface area contributed by atoms with Crippen molar-refractivity contribution in [2.75, 3.05) is 20.3 Å². The first kappa shape index (κ1) is 16.7. The average molecular weight is 328 g/mol. The predicted octanol–water partition coefficient (Wildman–Crippen LogP) is 2.94. The molecular weight excluding hydrogens is 304 g/mol. The van der Waals surface area contributed by atoms with Crippen LogP contribution in [0.5, 0.6) is 11.5 Å². The SMILES string of the molecule is COc1ccc(OCc2ccccn2)c(CNC2CCCOC2)c1. The summed E-state index contributed by atoms with van der Waals surface area (Å²) in [5.41, 5.74) is 1.99. The maximum absolute atomic E-state index is 5.97. The van der Waals surface area contributed by atoms with Crippen LogP contribution in [-0.4, -0.2) is 31.3 Å². The van der Waals surface area contributed by atoms with Gasteiger partial charge in [0.05, 0.1) is 19.4 Å². The lowest BCUT2D eigenvalue weighted by Gasteiger charge is -2.24. The van der Waals surface area contributed by atoms with Gasteiger partial charge in [0.25, 0.3) is 0 Å². The van der Waals surface area contributed by atoms with Gasteiger partial charge in [0.1, 0.15) is 18.1 Å². The van der Waals surface area contributed by atoms with Gasteiger partial charge in [0.15, 0.2) is 0 Å². The fraction of sp³-hybridized carbons (Fsp3) is 0.421. The van der Waals surface area contributed by atoms with E-state index in [0.717, 1.165) is 55.4 Å². The Morgan fingerprint density at radius 2 is 2.25 bits per heavy atom. The molecule has 24 heavy (non-hydrogen) atoms. The van der Waals surface area contributed by atoms with E-state index in [-0.39, 0.29) is 0 Å². The monoisotopic (exact) mass is 328 g/mol. The topological polar surface area (TPSA) is 52.6 Å². The number of hydrogen-bond donors (Lipinski definition) is 1. The van der Waals surface area contributed by atoms with Crippen LogP contribution in [0.2, 0.25) is 0 Å². The van der Waals surface area contributed by atoms with Gasteiger partial charge in [-0.2, -0.15) is 0 Å². The Morgan fingerprint density at radius 1 is 1.29 bits per heavy atom. The first-order chi connectivity index (χ1) is 11.8. The Hall–Kier alpha value is -2.11. The minimum atomic E-state index is 0.397. The molecule has 1 N–H and O–H groups in total. The molecule has 0 bridgehead atoms. The lowest BCUT2D eigenvalue weighted by atomic mass is 10.1. The molecule has 1 aliphatic rings. The smallest absolute Gasteiger partial charge is 0.130 e. The van der Waals surface area contributed by atoms with E-state index in [4.69, 9.17) is 14.2 Å². The van der Waals surface area contributed by atoms with Crippen LogP contribution < -0.4 is 14.8 Å². The summed E-state index contributed by atoms with van der Waals surface area (Å²) >= 11 is 0. The number of pyridine rings is 1. The summed E-state index contributed by atoms with van der Waals surface area (Å²) in [6, 6.07) is 12.1. The molecule has 0 aliphatic carbocycles. The molecule has 1 fully saturated rings. The third-order valence-electron chi connectivity index (χ3n) is 4.11. The van der Waals surface area contributed by atoms with Gasteiger partial charge in [-0.3, -0.25) is 4.98 Å². The van der Waals surface area contributed by atoms with Crippen molar-refractivity contribution in [3.05, 3.63) is 53.9 Å². The zero-order valence-corrected chi connectivity index (χ0v) is 14.0. The summed E-state index contributed by atoms with van der Waals surface area (Å²) in [6.45, 7) is 2.82. The quantitative estimate of drug-likeness (QED) is 0.847. The predicted molar refractivity (Wildman–Crippen MR) is 92.2 cm³/mol. The number of ether oxygens (including phenoxy) is 3. The molecule has 128 valence electrons. The number of methoxy groups -OCH3 is 1. The van der Waals surface area contributed by atoms with E-state index < -0.39 is 0 Å². The molecule has 1 atom stereocenters. The lowest BCUT2D eigenvalue weighted by molar-refractivity contribution is 0.0698. The molecule has 5 nitrogen and oxygen atoms in total. The molecule has 5 heteroatoms. The average Bonchev–Trinajstić information content (AvgIpc) is 2.66. The summed E-state index contributed by atoms with van der Waals surface area (Å²) in [4.78, 5) is 4.29. The van der Waals surface area contributed by atoms with Crippen molar-refractivity contribution < 1.29 is 14.2 Å². The minimum Gasteiger partial charge on any atom is -0.497 e. The highest BCUT2D eigenvalue weighted by atomic mass is 16.5. The van der Waals surface area contributed by atoms with Crippen LogP contribution in [0.25, 0.3) is 0 Å². The molecule has 0 amide bonds. The molecule has 3 rings (SSSR count). The second kappa shape index (κ2) is 8.66. The maximum Gasteiger partial charge on any atom is 0.130 e. The van der Waals surface area contributed by atoms with E-state index in [9.17, 15) is 0 Å². The number of benzene rings is 1. The Balaban J connectivity index is 1.65. The fourth-order valence-corrected chi connectivity index (χ4v) is 2.75. The molecule has 2 heterocycles. The summed E-state index contributed by atoms with van der Waals surface area (Å²) in [7, 11) is 1.68. The van der Waals surface area contributed by atoms with Crippen LogP contribution in [0, 0.1) is 0 Å². The first-order valence-corrected chi connectivity index (χ1v) is 8.36. The van der Waals surface area contributed by atoms with E-state index in [1.54, 1.807) is 13.3 Å². The third-order valence-corrected chi connectivity index (χ3v) is 4.11. The first-order valence-electron chi connectivity index (χ1n) is 8.36. The molecule has 1 saturated heterocycles. The van der Waals surface area contributed by atoms with E-state index in [0.29, 0.717) is 12.6 Å². The number of hydrogen-bond acceptors (Lipinski definition) is 5. The molecule has 1 unspecified atom stereocenters. The third kappa shape index (κ3) is 4.69. The summed E-state index contributed by atoms with van der Waals surface area (Å²) in [5, 5.41) is 3.55. The van der Waals surface area contributed by atoms with Gasteiger partial charge in [-0.25, -0.2) is 0 Å². The number of nitrogens with one attached hydrogen (secondary N) is 1. The van der Waals surface area contributed by atoms with Crippen molar-refractivity contribution in [1.82, 2.24) is 10.3 Å². The highest BCUT2D eigenvalue weighted by Gasteiger charge is 2.14. The summed E-state index contributed by atoms with van der Waals surface area (Å²) < 4.78 is 16.8. The number of aromatic nitrogens is 1. The Bertz CT molecular complexity index is 628. The van der Waals surface area contributed by atoms with Gasteiger partial charge in [-0.15, -0.1) is 0 Å². The number of rotatable bonds is 7. The van der Waals surface area contributed by atoms with Gasteiger partial charge in [0, 0.05) is 31.0 Å². The van der Waals surface area contributed by atoms with Crippen LogP contribution in [-0.2, 0) is 17.9 Å². The normalized spacial score (nSPS) is 17.5.